The second kappa shape index (κ2) is 5.66. The van der Waals surface area contributed by atoms with E-state index < -0.39 is 17.9 Å². The molecule has 0 aliphatic heterocycles. The summed E-state index contributed by atoms with van der Waals surface area (Å²) in [5.74, 6) is -0.896. The van der Waals surface area contributed by atoms with Crippen molar-refractivity contribution >= 4 is 27.7 Å². The van der Waals surface area contributed by atoms with E-state index in [-0.39, 0.29) is 5.56 Å². The number of thiophene rings is 1. The first kappa shape index (κ1) is 15.5. The number of hydrogen-bond donors (Lipinski definition) is 0. The van der Waals surface area contributed by atoms with Gasteiger partial charge in [0.1, 0.15) is 17.9 Å². The number of carbonyl (C=O) groups is 1. The number of carbonyl (C=O) groups excluding carboxylic acids is 1. The third-order valence-electron chi connectivity index (χ3n) is 3.08. The summed E-state index contributed by atoms with van der Waals surface area (Å²) < 4.78 is 55.1. The molecule has 0 aliphatic rings. The van der Waals surface area contributed by atoms with E-state index in [9.17, 15) is 22.4 Å². The molecule has 0 amide bonds. The average Bonchev–Trinajstić information content (AvgIpc) is 2.90. The van der Waals surface area contributed by atoms with Gasteiger partial charge in [-0.15, -0.1) is 24.5 Å². The highest BCUT2D eigenvalue weighted by Gasteiger charge is 2.31. The van der Waals surface area contributed by atoms with Crippen LogP contribution >= 0.6 is 11.3 Å². The van der Waals surface area contributed by atoms with Crippen LogP contribution in [-0.4, -0.2) is 12.6 Å². The van der Waals surface area contributed by atoms with Crippen molar-refractivity contribution in [2.75, 3.05) is 0 Å². The summed E-state index contributed by atoms with van der Waals surface area (Å²) in [5, 5.41) is 0.639. The summed E-state index contributed by atoms with van der Waals surface area (Å²) in [5.41, 5.74) is 0.397. The molecule has 0 saturated carbocycles. The standard InChI is InChI=1S/C16H8F4O2S/c17-13-3-1-2-10-7-14(23-15(10)13)11-4-9(8-21)5-12(6-11)22-16(18,19)20/h1-8H. The zero-order valence-corrected chi connectivity index (χ0v) is 12.2. The highest BCUT2D eigenvalue weighted by Crippen LogP contribution is 2.37. The van der Waals surface area contributed by atoms with E-state index in [1.165, 1.54) is 18.2 Å². The maximum atomic E-state index is 13.7. The zero-order chi connectivity index (χ0) is 16.6. The molecule has 23 heavy (non-hydrogen) atoms. The highest BCUT2D eigenvalue weighted by molar-refractivity contribution is 7.22. The molecule has 0 saturated heterocycles. The minimum Gasteiger partial charge on any atom is -0.406 e. The van der Waals surface area contributed by atoms with E-state index in [1.54, 1.807) is 18.2 Å². The molecule has 1 heterocycles. The van der Waals surface area contributed by atoms with Crippen molar-refractivity contribution in [2.24, 2.45) is 0 Å². The number of rotatable bonds is 3. The van der Waals surface area contributed by atoms with Crippen molar-refractivity contribution < 1.29 is 27.1 Å². The fourth-order valence-electron chi connectivity index (χ4n) is 2.19. The Balaban J connectivity index is 2.11. The van der Waals surface area contributed by atoms with Crippen molar-refractivity contribution in [3.05, 3.63) is 53.8 Å². The summed E-state index contributed by atoms with van der Waals surface area (Å²) in [7, 11) is 0. The Kier molecular flexibility index (Phi) is 3.81. The van der Waals surface area contributed by atoms with E-state index >= 15 is 0 Å². The molecule has 0 aliphatic carbocycles. The van der Waals surface area contributed by atoms with Gasteiger partial charge in [-0.25, -0.2) is 4.39 Å². The number of benzene rings is 2. The Morgan fingerprint density at radius 2 is 1.87 bits per heavy atom. The topological polar surface area (TPSA) is 26.3 Å². The fourth-order valence-corrected chi connectivity index (χ4v) is 3.25. The normalized spacial score (nSPS) is 11.7. The van der Waals surface area contributed by atoms with Crippen molar-refractivity contribution in [1.29, 1.82) is 0 Å². The lowest BCUT2D eigenvalue weighted by atomic mass is 10.1. The van der Waals surface area contributed by atoms with Gasteiger partial charge < -0.3 is 4.74 Å². The predicted molar refractivity (Wildman–Crippen MR) is 79.3 cm³/mol. The lowest BCUT2D eigenvalue weighted by molar-refractivity contribution is -0.274. The van der Waals surface area contributed by atoms with E-state index in [1.807, 2.05) is 0 Å². The van der Waals surface area contributed by atoms with Gasteiger partial charge in [0.05, 0.1) is 4.70 Å². The number of fused-ring (bicyclic) bond motifs is 1. The molecule has 0 bridgehead atoms. The first-order valence-corrected chi connectivity index (χ1v) is 7.22. The SMILES string of the molecule is O=Cc1cc(OC(F)(F)F)cc(-c2cc3cccc(F)c3s2)c1. The summed E-state index contributed by atoms with van der Waals surface area (Å²) in [6.45, 7) is 0. The quantitative estimate of drug-likeness (QED) is 0.470. The molecule has 2 aromatic carbocycles. The van der Waals surface area contributed by atoms with E-state index in [0.29, 0.717) is 26.8 Å². The minimum atomic E-state index is -4.86. The van der Waals surface area contributed by atoms with E-state index in [2.05, 4.69) is 4.74 Å². The molecule has 3 aromatic rings. The average molecular weight is 340 g/mol. The van der Waals surface area contributed by atoms with Crippen LogP contribution in [0.3, 0.4) is 0 Å². The maximum absolute atomic E-state index is 13.7. The number of hydrogen-bond acceptors (Lipinski definition) is 3. The van der Waals surface area contributed by atoms with Crippen LogP contribution in [0.2, 0.25) is 0 Å². The van der Waals surface area contributed by atoms with Gasteiger partial charge in [0.2, 0.25) is 0 Å². The first-order valence-electron chi connectivity index (χ1n) is 6.40. The third-order valence-corrected chi connectivity index (χ3v) is 4.29. The number of ether oxygens (including phenoxy) is 1. The van der Waals surface area contributed by atoms with E-state index in [0.717, 1.165) is 17.4 Å². The van der Waals surface area contributed by atoms with Gasteiger partial charge in [-0.05, 0) is 41.3 Å². The molecule has 7 heteroatoms. The van der Waals surface area contributed by atoms with E-state index in [4.69, 9.17) is 0 Å². The molecule has 0 atom stereocenters. The van der Waals surface area contributed by atoms with Crippen LogP contribution < -0.4 is 4.74 Å². The summed E-state index contributed by atoms with van der Waals surface area (Å²) >= 11 is 1.10. The first-order chi connectivity index (χ1) is 10.9. The maximum Gasteiger partial charge on any atom is 0.573 e. The largest absolute Gasteiger partial charge is 0.573 e. The molecule has 2 nitrogen and oxygen atoms in total. The molecule has 0 radical (unpaired) electrons. The Morgan fingerprint density at radius 1 is 1.09 bits per heavy atom. The van der Waals surface area contributed by atoms with Gasteiger partial charge in [-0.1, -0.05) is 12.1 Å². The van der Waals surface area contributed by atoms with Gasteiger partial charge >= 0.3 is 6.36 Å². The Labute approximate surface area is 131 Å². The van der Waals surface area contributed by atoms with Gasteiger partial charge in [-0.2, -0.15) is 0 Å². The van der Waals surface area contributed by atoms with Gasteiger partial charge in [0.25, 0.3) is 0 Å². The second-order valence-electron chi connectivity index (χ2n) is 4.73. The van der Waals surface area contributed by atoms with Crippen LogP contribution in [0.15, 0.2) is 42.5 Å². The van der Waals surface area contributed by atoms with Crippen LogP contribution in [0.5, 0.6) is 5.75 Å². The number of alkyl halides is 3. The number of aldehydes is 1. The smallest absolute Gasteiger partial charge is 0.406 e. The molecule has 118 valence electrons. The Bertz CT molecular complexity index is 883. The molecular weight excluding hydrogens is 332 g/mol. The molecule has 3 rings (SSSR count). The van der Waals surface area contributed by atoms with Crippen LogP contribution in [0.25, 0.3) is 20.5 Å². The number of halogens is 4. The van der Waals surface area contributed by atoms with Gasteiger partial charge in [-0.3, -0.25) is 4.79 Å². The fraction of sp³-hybridized carbons (Fsp3) is 0.0625. The Hall–Kier alpha value is -2.41. The Morgan fingerprint density at radius 3 is 2.52 bits per heavy atom. The molecule has 0 fully saturated rings. The zero-order valence-electron chi connectivity index (χ0n) is 11.4. The van der Waals surface area contributed by atoms with Crippen LogP contribution in [0, 0.1) is 5.82 Å². The highest BCUT2D eigenvalue weighted by atomic mass is 32.1. The van der Waals surface area contributed by atoms with Crippen LogP contribution in [-0.2, 0) is 0 Å². The van der Waals surface area contributed by atoms with Crippen molar-refractivity contribution in [1.82, 2.24) is 0 Å². The van der Waals surface area contributed by atoms with Crippen LogP contribution in [0.1, 0.15) is 10.4 Å². The summed E-state index contributed by atoms with van der Waals surface area (Å²) in [6, 6.07) is 9.82. The lowest BCUT2D eigenvalue weighted by Gasteiger charge is -2.10. The molecular formula is C16H8F4O2S. The second-order valence-corrected chi connectivity index (χ2v) is 5.78. The third kappa shape index (κ3) is 3.34. The lowest BCUT2D eigenvalue weighted by Crippen LogP contribution is -2.17. The molecule has 0 unspecified atom stereocenters. The van der Waals surface area contributed by atoms with Gasteiger partial charge in [0, 0.05) is 10.4 Å². The van der Waals surface area contributed by atoms with Crippen molar-refractivity contribution in [3.8, 4) is 16.2 Å². The van der Waals surface area contributed by atoms with Crippen molar-refractivity contribution in [2.45, 2.75) is 6.36 Å². The van der Waals surface area contributed by atoms with Crippen LogP contribution in [0.4, 0.5) is 17.6 Å². The predicted octanol–water partition coefficient (Wildman–Crippen LogP) is 5.42. The minimum absolute atomic E-state index is 0.0414. The summed E-state index contributed by atoms with van der Waals surface area (Å²) in [6.07, 6.45) is -4.42. The monoisotopic (exact) mass is 340 g/mol. The summed E-state index contributed by atoms with van der Waals surface area (Å²) in [4.78, 5) is 11.5. The van der Waals surface area contributed by atoms with Crippen molar-refractivity contribution in [3.63, 3.8) is 0 Å². The molecule has 0 spiro atoms. The molecule has 1 aromatic heterocycles. The van der Waals surface area contributed by atoms with Gasteiger partial charge in [0.15, 0.2) is 0 Å². The molecule has 0 N–H and O–H groups in total.